The van der Waals surface area contributed by atoms with Crippen LogP contribution in [0, 0.1) is 0 Å². The largest absolute Gasteiger partial charge is 0.497 e. The van der Waals surface area contributed by atoms with E-state index in [2.05, 4.69) is 65.0 Å². The fourth-order valence-corrected chi connectivity index (χ4v) is 7.61. The number of methoxy groups -OCH3 is 1. The van der Waals surface area contributed by atoms with Gasteiger partial charge in [-0.3, -0.25) is 9.79 Å². The summed E-state index contributed by atoms with van der Waals surface area (Å²) in [5.41, 5.74) is 11.2. The van der Waals surface area contributed by atoms with Gasteiger partial charge >= 0.3 is 0 Å². The summed E-state index contributed by atoms with van der Waals surface area (Å²) in [5, 5.41) is 1.11. The molecule has 1 fully saturated rings. The number of nitrogens with zero attached hydrogens (tertiary/aromatic N) is 3. The Kier molecular flexibility index (Phi) is 8.31. The summed E-state index contributed by atoms with van der Waals surface area (Å²) < 4.78 is 9.24. The molecule has 0 bridgehead atoms. The number of ether oxygens (including phenoxy) is 1. The molecule has 0 amide bonds. The van der Waals surface area contributed by atoms with Gasteiger partial charge in [0.05, 0.1) is 39.1 Å². The first-order valence-corrected chi connectivity index (χ1v) is 16.0. The highest BCUT2D eigenvalue weighted by Crippen LogP contribution is 2.47. The first kappa shape index (κ1) is 29.1. The van der Waals surface area contributed by atoms with Crippen LogP contribution in [0.4, 0.5) is 0 Å². The Balaban J connectivity index is 1.54. The van der Waals surface area contributed by atoms with E-state index in [0.29, 0.717) is 12.5 Å². The minimum Gasteiger partial charge on any atom is -0.497 e. The first-order chi connectivity index (χ1) is 20.9. The minimum atomic E-state index is 0.477. The maximum Gasteiger partial charge on any atom is 0.160 e. The molecule has 6 rings (SSSR count). The molecule has 0 atom stereocenters. The van der Waals surface area contributed by atoms with Crippen LogP contribution in [0.1, 0.15) is 92.2 Å². The van der Waals surface area contributed by atoms with E-state index in [0.717, 1.165) is 56.0 Å². The van der Waals surface area contributed by atoms with Gasteiger partial charge in [-0.25, -0.2) is 4.98 Å². The molecule has 1 aliphatic rings. The standard InChI is InChI=1S/C37H39N3O2S/c1-23(2)38-25(4)24(3)32-16-14-28-19-29(15-17-33(28)39-32)36-35(27-11-7-6-8-12-27)37-34(20-31(22-41)43-37)40(36)21-26-10-9-13-30(18-26)42-5/h9-10,13-20,22,27H,6-8,11-12,21H2,1-5H3/b25-24+. The van der Waals surface area contributed by atoms with Gasteiger partial charge in [0, 0.05) is 23.3 Å². The second-order valence-electron chi connectivity index (χ2n) is 11.9. The van der Waals surface area contributed by atoms with Gasteiger partial charge in [-0.2, -0.15) is 0 Å². The maximum atomic E-state index is 12.0. The molecular weight excluding hydrogens is 550 g/mol. The Labute approximate surface area is 258 Å². The smallest absolute Gasteiger partial charge is 0.160 e. The number of carbonyl (C=O) groups excluding carboxylic acids is 1. The van der Waals surface area contributed by atoms with E-state index in [9.17, 15) is 4.79 Å². The predicted molar refractivity (Wildman–Crippen MR) is 181 cm³/mol. The Hall–Kier alpha value is -4.03. The highest BCUT2D eigenvalue weighted by atomic mass is 32.1. The molecule has 5 nitrogen and oxygen atoms in total. The summed E-state index contributed by atoms with van der Waals surface area (Å²) in [4.78, 5) is 22.4. The number of hydrogen-bond donors (Lipinski definition) is 0. The van der Waals surface area contributed by atoms with Crippen molar-refractivity contribution in [2.75, 3.05) is 7.11 Å². The molecule has 5 aromatic rings. The first-order valence-electron chi connectivity index (χ1n) is 15.2. The number of hydrogen-bond acceptors (Lipinski definition) is 5. The van der Waals surface area contributed by atoms with Crippen molar-refractivity contribution in [1.29, 1.82) is 0 Å². The Morgan fingerprint density at radius 1 is 1.02 bits per heavy atom. The lowest BCUT2D eigenvalue weighted by molar-refractivity contribution is 0.112. The molecule has 0 saturated heterocycles. The fraction of sp³-hybridized carbons (Fsp3) is 0.324. The number of aldehydes is 1. The van der Waals surface area contributed by atoms with E-state index in [1.165, 1.54) is 59.2 Å². The van der Waals surface area contributed by atoms with Crippen LogP contribution in [-0.2, 0) is 6.54 Å². The van der Waals surface area contributed by atoms with E-state index in [4.69, 9.17) is 9.72 Å². The molecule has 43 heavy (non-hydrogen) atoms. The summed E-state index contributed by atoms with van der Waals surface area (Å²) >= 11 is 1.64. The number of aliphatic imine (C=N–C) groups is 1. The van der Waals surface area contributed by atoms with Crippen molar-refractivity contribution in [2.45, 2.75) is 72.3 Å². The average molecular weight is 590 g/mol. The van der Waals surface area contributed by atoms with Gasteiger partial charge in [-0.1, -0.05) is 43.5 Å². The van der Waals surface area contributed by atoms with Gasteiger partial charge in [0.2, 0.25) is 0 Å². The molecular formula is C37H39N3O2S. The van der Waals surface area contributed by atoms with Gasteiger partial charge in [0.1, 0.15) is 5.75 Å². The Morgan fingerprint density at radius 2 is 1.84 bits per heavy atom. The van der Waals surface area contributed by atoms with Crippen LogP contribution in [0.5, 0.6) is 5.75 Å². The van der Waals surface area contributed by atoms with E-state index >= 15 is 0 Å². The van der Waals surface area contributed by atoms with E-state index in [1.54, 1.807) is 18.4 Å². The zero-order valence-corrected chi connectivity index (χ0v) is 26.6. The molecule has 0 radical (unpaired) electrons. The number of benzene rings is 2. The predicted octanol–water partition coefficient (Wildman–Crippen LogP) is 10.1. The normalized spacial score (nSPS) is 14.6. The molecule has 3 aromatic heterocycles. The summed E-state index contributed by atoms with van der Waals surface area (Å²) in [5.74, 6) is 1.33. The lowest BCUT2D eigenvalue weighted by Crippen LogP contribution is -2.08. The fourth-order valence-electron chi connectivity index (χ4n) is 6.51. The van der Waals surface area contributed by atoms with Crippen molar-refractivity contribution >= 4 is 50.0 Å². The molecule has 0 spiro atoms. The molecule has 0 aliphatic heterocycles. The lowest BCUT2D eigenvalue weighted by atomic mass is 9.83. The van der Waals surface area contributed by atoms with Crippen LogP contribution in [0.15, 0.2) is 71.4 Å². The molecule has 1 aliphatic carbocycles. The number of pyridine rings is 1. The van der Waals surface area contributed by atoms with Crippen molar-refractivity contribution in [3.8, 4) is 17.0 Å². The summed E-state index contributed by atoms with van der Waals surface area (Å²) in [6.45, 7) is 8.86. The van der Waals surface area contributed by atoms with Gasteiger partial charge in [-0.15, -0.1) is 11.3 Å². The van der Waals surface area contributed by atoms with Crippen molar-refractivity contribution in [3.63, 3.8) is 0 Å². The van der Waals surface area contributed by atoms with Crippen molar-refractivity contribution < 1.29 is 9.53 Å². The van der Waals surface area contributed by atoms with Gasteiger partial charge in [0.15, 0.2) is 6.29 Å². The van der Waals surface area contributed by atoms with Crippen molar-refractivity contribution in [3.05, 3.63) is 88.1 Å². The molecule has 0 unspecified atom stereocenters. The third kappa shape index (κ3) is 5.81. The zero-order chi connectivity index (χ0) is 30.1. The summed E-state index contributed by atoms with van der Waals surface area (Å²) in [7, 11) is 1.71. The monoisotopic (exact) mass is 589 g/mol. The number of fused-ring (bicyclic) bond motifs is 2. The average Bonchev–Trinajstić information content (AvgIpc) is 3.57. The van der Waals surface area contributed by atoms with E-state index in [1.807, 2.05) is 32.9 Å². The third-order valence-electron chi connectivity index (χ3n) is 8.68. The quantitative estimate of drug-likeness (QED) is 0.134. The topological polar surface area (TPSA) is 56.5 Å². The number of rotatable bonds is 8. The lowest BCUT2D eigenvalue weighted by Gasteiger charge is -2.24. The van der Waals surface area contributed by atoms with Gasteiger partial charge < -0.3 is 9.30 Å². The summed E-state index contributed by atoms with van der Waals surface area (Å²) in [6.07, 6.45) is 7.15. The molecule has 2 aromatic carbocycles. The minimum absolute atomic E-state index is 0.477. The van der Waals surface area contributed by atoms with E-state index in [-0.39, 0.29) is 0 Å². The number of carbonyl (C=O) groups is 1. The van der Waals surface area contributed by atoms with Crippen molar-refractivity contribution in [1.82, 2.24) is 9.55 Å². The van der Waals surface area contributed by atoms with Gasteiger partial charge in [-0.05, 0) is 105 Å². The van der Waals surface area contributed by atoms with Crippen molar-refractivity contribution in [2.24, 2.45) is 4.99 Å². The SMILES string of the molecule is COc1cccc(Cn2c(-c3ccc4nc(/C(C)=C(\C)N=C(C)C)ccc4c3)c(C3CCCCC3)c3sc(C=O)cc32)c1. The summed E-state index contributed by atoms with van der Waals surface area (Å²) in [6, 6.07) is 21.3. The van der Waals surface area contributed by atoms with Crippen LogP contribution in [-0.4, -0.2) is 28.7 Å². The van der Waals surface area contributed by atoms with Crippen LogP contribution >= 0.6 is 11.3 Å². The second-order valence-corrected chi connectivity index (χ2v) is 13.0. The number of aromatic nitrogens is 2. The molecule has 1 saturated carbocycles. The van der Waals surface area contributed by atoms with Crippen LogP contribution in [0.25, 0.3) is 38.0 Å². The Bertz CT molecular complexity index is 1880. The molecule has 220 valence electrons. The second kappa shape index (κ2) is 12.3. The third-order valence-corrected chi connectivity index (χ3v) is 9.76. The highest BCUT2D eigenvalue weighted by molar-refractivity contribution is 7.20. The van der Waals surface area contributed by atoms with Crippen LogP contribution in [0.2, 0.25) is 0 Å². The van der Waals surface area contributed by atoms with Crippen LogP contribution in [0.3, 0.4) is 0 Å². The maximum absolute atomic E-state index is 12.0. The molecule has 6 heteroatoms. The van der Waals surface area contributed by atoms with Gasteiger partial charge in [0.25, 0.3) is 0 Å². The molecule has 3 heterocycles. The highest BCUT2D eigenvalue weighted by Gasteiger charge is 2.28. The number of allylic oxidation sites excluding steroid dienone is 2. The van der Waals surface area contributed by atoms with E-state index < -0.39 is 0 Å². The molecule has 0 N–H and O–H groups in total. The number of thiophene rings is 1. The van der Waals surface area contributed by atoms with Crippen LogP contribution < -0.4 is 4.74 Å². The Morgan fingerprint density at radius 3 is 2.58 bits per heavy atom. The zero-order valence-electron chi connectivity index (χ0n) is 25.7.